The molecule has 0 saturated carbocycles. The highest BCUT2D eigenvalue weighted by atomic mass is 28.4. The molecule has 0 aliphatic carbocycles. The number of ether oxygens (including phenoxy) is 1. The van der Waals surface area contributed by atoms with Gasteiger partial charge in [-0.25, -0.2) is 0 Å². The van der Waals surface area contributed by atoms with Crippen molar-refractivity contribution in [2.24, 2.45) is 0 Å². The Hall–Kier alpha value is -0.906. The van der Waals surface area contributed by atoms with Crippen molar-refractivity contribution in [3.8, 4) is 11.5 Å². The summed E-state index contributed by atoms with van der Waals surface area (Å²) < 4.78 is 33.9. The molecule has 0 saturated heterocycles. The van der Waals surface area contributed by atoms with Gasteiger partial charge in [-0.15, -0.1) is 0 Å². The summed E-state index contributed by atoms with van der Waals surface area (Å²) in [5.74, 6) is 1.69. The van der Waals surface area contributed by atoms with E-state index in [1.807, 2.05) is 18.2 Å². The first-order valence-corrected chi connectivity index (χ1v) is 12.2. The first-order chi connectivity index (χ1) is 11.0. The smallest absolute Gasteiger partial charge is 0.503 e. The Kier molecular flexibility index (Phi) is 6.23. The van der Waals surface area contributed by atoms with E-state index in [-0.39, 0.29) is 0 Å². The fraction of sp³-hybridized carbons (Fsp3) is 0.600. The molecule has 6 nitrogen and oxygen atoms in total. The van der Waals surface area contributed by atoms with Crippen LogP contribution in [0.25, 0.3) is 0 Å². The van der Waals surface area contributed by atoms with Crippen LogP contribution in [-0.2, 0) is 24.3 Å². The monoisotopic (exact) mass is 358 g/mol. The normalized spacial score (nSPS) is 20.7. The van der Waals surface area contributed by atoms with Crippen LogP contribution in [0.15, 0.2) is 18.2 Å². The van der Waals surface area contributed by atoms with Crippen molar-refractivity contribution in [1.29, 1.82) is 0 Å². The molecule has 1 aliphatic rings. The van der Waals surface area contributed by atoms with Gasteiger partial charge in [0.05, 0.1) is 19.3 Å². The van der Waals surface area contributed by atoms with Crippen LogP contribution in [0.2, 0.25) is 18.6 Å². The molecular weight excluding hydrogens is 332 g/mol. The van der Waals surface area contributed by atoms with E-state index >= 15 is 0 Å². The first-order valence-electron chi connectivity index (χ1n) is 7.74. The van der Waals surface area contributed by atoms with Crippen LogP contribution in [0.1, 0.15) is 12.5 Å². The van der Waals surface area contributed by atoms with Gasteiger partial charge in [0, 0.05) is 26.9 Å². The molecule has 1 aliphatic heterocycles. The summed E-state index contributed by atoms with van der Waals surface area (Å²) in [7, 11) is 0.174. The van der Waals surface area contributed by atoms with Gasteiger partial charge in [0.15, 0.2) is 0 Å². The number of fused-ring (bicyclic) bond motifs is 1. The van der Waals surface area contributed by atoms with Gasteiger partial charge in [0.25, 0.3) is 0 Å². The van der Waals surface area contributed by atoms with E-state index in [1.165, 1.54) is 0 Å². The van der Waals surface area contributed by atoms with E-state index in [2.05, 4.69) is 13.5 Å². The lowest BCUT2D eigenvalue weighted by molar-refractivity contribution is 0.117. The molecule has 1 aromatic rings. The zero-order valence-electron chi connectivity index (χ0n) is 14.5. The zero-order valence-corrected chi connectivity index (χ0v) is 16.5. The van der Waals surface area contributed by atoms with Crippen LogP contribution in [0, 0.1) is 0 Å². The third-order valence-corrected chi connectivity index (χ3v) is 9.52. The molecule has 8 heteroatoms. The number of hydrogen-bond acceptors (Lipinski definition) is 6. The molecule has 0 aromatic heterocycles. The topological polar surface area (TPSA) is 55.4 Å². The lowest BCUT2D eigenvalue weighted by atomic mass is 10.2. The molecule has 2 rings (SSSR count). The van der Waals surface area contributed by atoms with E-state index < -0.39 is 17.4 Å². The number of rotatable bonds is 8. The molecule has 130 valence electrons. The molecule has 0 bridgehead atoms. The van der Waals surface area contributed by atoms with Gasteiger partial charge in [0.1, 0.15) is 11.5 Å². The molecule has 0 fully saturated rings. The summed E-state index contributed by atoms with van der Waals surface area (Å²) in [6.07, 6.45) is 0. The van der Waals surface area contributed by atoms with E-state index in [1.54, 1.807) is 21.3 Å². The molecule has 1 atom stereocenters. The maximum Gasteiger partial charge on any atom is 0.503 e. The summed E-state index contributed by atoms with van der Waals surface area (Å²) in [5.41, 5.74) is 1.02. The second-order valence-electron chi connectivity index (χ2n) is 5.54. The highest BCUT2D eigenvalue weighted by molar-refractivity contribution is 6.66. The second kappa shape index (κ2) is 7.78. The summed E-state index contributed by atoms with van der Waals surface area (Å²) in [6, 6.07) is 7.37. The van der Waals surface area contributed by atoms with E-state index in [0.717, 1.165) is 23.1 Å². The molecule has 0 N–H and O–H groups in total. The maximum absolute atomic E-state index is 6.04. The Bertz CT molecular complexity index is 514. The second-order valence-corrected chi connectivity index (χ2v) is 12.1. The minimum Gasteiger partial charge on any atom is -0.520 e. The Labute approximate surface area is 140 Å². The standard InChI is InChI=1S/C15H26O6Si2/c1-6-22(5)20-12-13-11-14(7-8-15(13)21-22)19-9-10-23(16-2,17-3)18-4/h7-8,11H,6,9-10,12H2,1-5H3. The highest BCUT2D eigenvalue weighted by Gasteiger charge is 2.38. The number of hydrogen-bond donors (Lipinski definition) is 0. The van der Waals surface area contributed by atoms with Crippen molar-refractivity contribution < 1.29 is 26.9 Å². The summed E-state index contributed by atoms with van der Waals surface area (Å²) in [6.45, 7) is 5.23. The molecule has 1 unspecified atom stereocenters. The predicted octanol–water partition coefficient (Wildman–Crippen LogP) is 2.94. The van der Waals surface area contributed by atoms with Crippen LogP contribution < -0.4 is 9.16 Å². The van der Waals surface area contributed by atoms with Crippen molar-refractivity contribution in [3.63, 3.8) is 0 Å². The van der Waals surface area contributed by atoms with E-state index in [4.69, 9.17) is 26.9 Å². The molecule has 0 spiro atoms. The Morgan fingerprint density at radius 1 is 1.17 bits per heavy atom. The van der Waals surface area contributed by atoms with Crippen LogP contribution >= 0.6 is 0 Å². The third kappa shape index (κ3) is 4.34. The summed E-state index contributed by atoms with van der Waals surface area (Å²) >= 11 is 0. The van der Waals surface area contributed by atoms with Crippen molar-refractivity contribution >= 4 is 17.4 Å². The minimum atomic E-state index is -2.59. The van der Waals surface area contributed by atoms with Gasteiger partial charge < -0.3 is 26.9 Å². The average Bonchev–Trinajstić information content (AvgIpc) is 2.59. The Morgan fingerprint density at radius 3 is 2.48 bits per heavy atom. The minimum absolute atomic E-state index is 0.462. The van der Waals surface area contributed by atoms with Crippen molar-refractivity contribution in [1.82, 2.24) is 0 Å². The van der Waals surface area contributed by atoms with Crippen molar-refractivity contribution in [2.75, 3.05) is 27.9 Å². The summed E-state index contributed by atoms with van der Waals surface area (Å²) in [5, 5.41) is 0. The largest absolute Gasteiger partial charge is 0.520 e. The molecule has 0 radical (unpaired) electrons. The quantitative estimate of drug-likeness (QED) is 0.666. The van der Waals surface area contributed by atoms with Gasteiger partial charge in [-0.05, 0) is 30.8 Å². The average molecular weight is 359 g/mol. The Morgan fingerprint density at radius 2 is 1.87 bits per heavy atom. The first kappa shape index (κ1) is 18.4. The number of benzene rings is 1. The van der Waals surface area contributed by atoms with Crippen molar-refractivity contribution in [3.05, 3.63) is 23.8 Å². The van der Waals surface area contributed by atoms with Gasteiger partial charge in [-0.2, -0.15) is 0 Å². The van der Waals surface area contributed by atoms with E-state index in [9.17, 15) is 0 Å². The van der Waals surface area contributed by atoms with Crippen molar-refractivity contribution in [2.45, 2.75) is 32.2 Å². The predicted molar refractivity (Wildman–Crippen MR) is 91.0 cm³/mol. The molecule has 1 heterocycles. The lowest BCUT2D eigenvalue weighted by Crippen LogP contribution is -2.44. The Balaban J connectivity index is 1.96. The van der Waals surface area contributed by atoms with Gasteiger partial charge in [-0.1, -0.05) is 6.92 Å². The maximum atomic E-state index is 6.04. The highest BCUT2D eigenvalue weighted by Crippen LogP contribution is 2.33. The molecule has 1 aromatic carbocycles. The van der Waals surface area contributed by atoms with Gasteiger partial charge >= 0.3 is 17.4 Å². The fourth-order valence-corrected chi connectivity index (χ4v) is 5.37. The zero-order chi connectivity index (χ0) is 16.9. The molecule has 23 heavy (non-hydrogen) atoms. The van der Waals surface area contributed by atoms with Gasteiger partial charge in [-0.3, -0.25) is 0 Å². The van der Waals surface area contributed by atoms with Gasteiger partial charge in [0.2, 0.25) is 0 Å². The molecular formula is C15H26O6Si2. The van der Waals surface area contributed by atoms with Crippen LogP contribution in [-0.4, -0.2) is 45.3 Å². The van der Waals surface area contributed by atoms with Crippen LogP contribution in [0.4, 0.5) is 0 Å². The van der Waals surface area contributed by atoms with Crippen LogP contribution in [0.5, 0.6) is 11.5 Å². The van der Waals surface area contributed by atoms with E-state index in [0.29, 0.717) is 19.3 Å². The fourth-order valence-electron chi connectivity index (χ4n) is 2.37. The van der Waals surface area contributed by atoms with Crippen LogP contribution in [0.3, 0.4) is 0 Å². The lowest BCUT2D eigenvalue weighted by Gasteiger charge is -2.32. The SMILES string of the molecule is CC[Si]1(C)OCc2cc(OCC[Si](OC)(OC)OC)ccc2O1. The summed E-state index contributed by atoms with van der Waals surface area (Å²) in [4.78, 5) is 0. The molecule has 0 amide bonds. The third-order valence-electron chi connectivity index (χ3n) is 4.14.